The average Bonchev–Trinajstić information content (AvgIpc) is 2.78. The zero-order valence-electron chi connectivity index (χ0n) is 20.3. The molecule has 0 bridgehead atoms. The van der Waals surface area contributed by atoms with Crippen LogP contribution in [0.4, 0.5) is 0 Å². The van der Waals surface area contributed by atoms with Crippen LogP contribution in [0.15, 0.2) is 42.5 Å². The zero-order chi connectivity index (χ0) is 23.1. The number of amides is 1. The number of carbonyl (C=O) groups is 1. The van der Waals surface area contributed by atoms with Gasteiger partial charge in [-0.25, -0.2) is 0 Å². The van der Waals surface area contributed by atoms with E-state index in [1.165, 1.54) is 0 Å². The molecule has 5 heteroatoms. The monoisotopic (exact) mass is 438 g/mol. The molecule has 1 aliphatic heterocycles. The van der Waals surface area contributed by atoms with Crippen LogP contribution in [0.25, 0.3) is 0 Å². The van der Waals surface area contributed by atoms with Crippen LogP contribution in [0, 0.1) is 11.8 Å². The highest BCUT2D eigenvalue weighted by Crippen LogP contribution is 2.26. The van der Waals surface area contributed by atoms with Crippen LogP contribution in [0.3, 0.4) is 0 Å². The smallest absolute Gasteiger partial charge is 0.253 e. The van der Waals surface area contributed by atoms with Crippen molar-refractivity contribution in [2.75, 3.05) is 39.8 Å². The van der Waals surface area contributed by atoms with E-state index in [1.807, 2.05) is 47.4 Å². The van der Waals surface area contributed by atoms with E-state index in [4.69, 9.17) is 9.47 Å². The Kier molecular flexibility index (Phi) is 8.57. The molecule has 1 saturated heterocycles. The second kappa shape index (κ2) is 11.4. The molecule has 0 saturated carbocycles. The summed E-state index contributed by atoms with van der Waals surface area (Å²) in [7, 11) is 1.66. The van der Waals surface area contributed by atoms with E-state index in [1.54, 1.807) is 7.11 Å². The number of methoxy groups -OCH3 is 1. The van der Waals surface area contributed by atoms with Crippen LogP contribution < -0.4 is 9.47 Å². The second-order valence-corrected chi connectivity index (χ2v) is 9.54. The van der Waals surface area contributed by atoms with Crippen molar-refractivity contribution < 1.29 is 14.3 Å². The first-order chi connectivity index (χ1) is 15.4. The van der Waals surface area contributed by atoms with Crippen molar-refractivity contribution in [3.8, 4) is 11.5 Å². The molecule has 0 N–H and O–H groups in total. The summed E-state index contributed by atoms with van der Waals surface area (Å²) >= 11 is 0. The van der Waals surface area contributed by atoms with Gasteiger partial charge in [0.2, 0.25) is 0 Å². The van der Waals surface area contributed by atoms with E-state index in [9.17, 15) is 4.79 Å². The van der Waals surface area contributed by atoms with Crippen LogP contribution in [0.2, 0.25) is 0 Å². The lowest BCUT2D eigenvalue weighted by atomic mass is 9.99. The van der Waals surface area contributed by atoms with E-state index in [2.05, 4.69) is 32.6 Å². The molecule has 1 fully saturated rings. The standard InChI is InChI=1S/C27H38N2O3/c1-20(2)16-24-17-23(27(30)29-14-12-28(13-15-29)18-21(3)4)8-11-26(24)32-19-22-6-9-25(31-5)10-7-22/h6-11,17,20-21H,12-16,18-19H2,1-5H3. The van der Waals surface area contributed by atoms with Crippen LogP contribution in [0.1, 0.15) is 49.2 Å². The maximum absolute atomic E-state index is 13.2. The van der Waals surface area contributed by atoms with Crippen molar-refractivity contribution in [2.24, 2.45) is 11.8 Å². The van der Waals surface area contributed by atoms with Crippen LogP contribution >= 0.6 is 0 Å². The third-order valence-corrected chi connectivity index (χ3v) is 5.77. The Bertz CT molecular complexity index is 869. The molecule has 0 aromatic heterocycles. The second-order valence-electron chi connectivity index (χ2n) is 9.54. The lowest BCUT2D eigenvalue weighted by molar-refractivity contribution is 0.0623. The highest BCUT2D eigenvalue weighted by Gasteiger charge is 2.23. The predicted octanol–water partition coefficient (Wildman–Crippen LogP) is 4.89. The summed E-state index contributed by atoms with van der Waals surface area (Å²) in [6.45, 7) is 13.9. The summed E-state index contributed by atoms with van der Waals surface area (Å²) in [6.07, 6.45) is 0.876. The fraction of sp³-hybridized carbons (Fsp3) is 0.519. The minimum Gasteiger partial charge on any atom is -0.497 e. The van der Waals surface area contributed by atoms with E-state index in [0.29, 0.717) is 18.4 Å². The molecule has 2 aromatic rings. The van der Waals surface area contributed by atoms with Gasteiger partial charge < -0.3 is 14.4 Å². The minimum atomic E-state index is 0.126. The van der Waals surface area contributed by atoms with Crippen molar-refractivity contribution in [1.82, 2.24) is 9.80 Å². The van der Waals surface area contributed by atoms with Crippen molar-refractivity contribution in [3.05, 3.63) is 59.2 Å². The van der Waals surface area contributed by atoms with Gasteiger partial charge in [0.1, 0.15) is 18.1 Å². The lowest BCUT2D eigenvalue weighted by Crippen LogP contribution is -2.49. The van der Waals surface area contributed by atoms with Crippen molar-refractivity contribution >= 4 is 5.91 Å². The molecule has 174 valence electrons. The molecule has 5 nitrogen and oxygen atoms in total. The van der Waals surface area contributed by atoms with Gasteiger partial charge in [0, 0.05) is 38.3 Å². The topological polar surface area (TPSA) is 42.0 Å². The van der Waals surface area contributed by atoms with Gasteiger partial charge in [-0.05, 0) is 59.7 Å². The molecule has 1 heterocycles. The number of hydrogen-bond acceptors (Lipinski definition) is 4. The molecule has 0 aliphatic carbocycles. The summed E-state index contributed by atoms with van der Waals surface area (Å²) in [5, 5.41) is 0. The Morgan fingerprint density at radius 2 is 1.62 bits per heavy atom. The first-order valence-electron chi connectivity index (χ1n) is 11.8. The Balaban J connectivity index is 1.67. The third kappa shape index (κ3) is 6.73. The number of hydrogen-bond donors (Lipinski definition) is 0. The largest absolute Gasteiger partial charge is 0.497 e. The summed E-state index contributed by atoms with van der Waals surface area (Å²) in [6, 6.07) is 13.8. The van der Waals surface area contributed by atoms with E-state index >= 15 is 0 Å². The summed E-state index contributed by atoms with van der Waals surface area (Å²) in [5.41, 5.74) is 2.94. The maximum atomic E-state index is 13.2. The van der Waals surface area contributed by atoms with Crippen molar-refractivity contribution in [2.45, 2.75) is 40.7 Å². The molecule has 32 heavy (non-hydrogen) atoms. The molecule has 0 spiro atoms. The normalized spacial score (nSPS) is 14.8. The third-order valence-electron chi connectivity index (χ3n) is 5.77. The average molecular weight is 439 g/mol. The number of nitrogens with zero attached hydrogens (tertiary/aromatic N) is 2. The van der Waals surface area contributed by atoms with Crippen LogP contribution in [-0.4, -0.2) is 55.5 Å². The minimum absolute atomic E-state index is 0.126. The molecule has 0 atom stereocenters. The number of piperazine rings is 1. The van der Waals surface area contributed by atoms with Gasteiger partial charge in [0.05, 0.1) is 7.11 Å². The first-order valence-corrected chi connectivity index (χ1v) is 11.8. The summed E-state index contributed by atoms with van der Waals surface area (Å²) < 4.78 is 11.4. The molecule has 2 aromatic carbocycles. The summed E-state index contributed by atoms with van der Waals surface area (Å²) in [4.78, 5) is 17.6. The SMILES string of the molecule is COc1ccc(COc2ccc(C(=O)N3CCN(CC(C)C)CC3)cc2CC(C)C)cc1. The molecule has 1 amide bonds. The molecular formula is C27H38N2O3. The Hall–Kier alpha value is -2.53. The summed E-state index contributed by atoms with van der Waals surface area (Å²) in [5.74, 6) is 2.94. The van der Waals surface area contributed by atoms with E-state index in [0.717, 1.165) is 67.3 Å². The molecule has 1 aliphatic rings. The van der Waals surface area contributed by atoms with Gasteiger partial charge in [-0.2, -0.15) is 0 Å². The van der Waals surface area contributed by atoms with E-state index in [-0.39, 0.29) is 5.91 Å². The van der Waals surface area contributed by atoms with Crippen molar-refractivity contribution in [1.29, 1.82) is 0 Å². The lowest BCUT2D eigenvalue weighted by Gasteiger charge is -2.35. The zero-order valence-corrected chi connectivity index (χ0v) is 20.3. The Morgan fingerprint density at radius 3 is 2.22 bits per heavy atom. The maximum Gasteiger partial charge on any atom is 0.253 e. The first kappa shape index (κ1) is 24.1. The highest BCUT2D eigenvalue weighted by molar-refractivity contribution is 5.94. The fourth-order valence-corrected chi connectivity index (χ4v) is 4.17. The van der Waals surface area contributed by atoms with Gasteiger partial charge in [0.25, 0.3) is 5.91 Å². The van der Waals surface area contributed by atoms with Gasteiger partial charge in [-0.3, -0.25) is 9.69 Å². The number of ether oxygens (including phenoxy) is 2. The quantitative estimate of drug-likeness (QED) is 0.559. The number of rotatable bonds is 9. The molecule has 3 rings (SSSR count). The van der Waals surface area contributed by atoms with Crippen LogP contribution in [0.5, 0.6) is 11.5 Å². The van der Waals surface area contributed by atoms with Crippen molar-refractivity contribution in [3.63, 3.8) is 0 Å². The van der Waals surface area contributed by atoms with Gasteiger partial charge >= 0.3 is 0 Å². The Morgan fingerprint density at radius 1 is 0.938 bits per heavy atom. The van der Waals surface area contributed by atoms with Gasteiger partial charge in [0.15, 0.2) is 0 Å². The molecule has 0 unspecified atom stereocenters. The van der Waals surface area contributed by atoms with E-state index < -0.39 is 0 Å². The van der Waals surface area contributed by atoms with Crippen LogP contribution in [-0.2, 0) is 13.0 Å². The highest BCUT2D eigenvalue weighted by atomic mass is 16.5. The van der Waals surface area contributed by atoms with Gasteiger partial charge in [-0.1, -0.05) is 39.8 Å². The molecule has 0 radical (unpaired) electrons. The Labute approximate surface area is 193 Å². The number of benzene rings is 2. The molecular weight excluding hydrogens is 400 g/mol. The number of carbonyl (C=O) groups excluding carboxylic acids is 1. The fourth-order valence-electron chi connectivity index (χ4n) is 4.17. The predicted molar refractivity (Wildman–Crippen MR) is 129 cm³/mol. The van der Waals surface area contributed by atoms with Gasteiger partial charge in [-0.15, -0.1) is 0 Å².